The van der Waals surface area contributed by atoms with Crippen molar-refractivity contribution in [3.05, 3.63) is 0 Å². The summed E-state index contributed by atoms with van der Waals surface area (Å²) in [5.74, 6) is 0.669. The van der Waals surface area contributed by atoms with Crippen molar-refractivity contribution in [1.29, 1.82) is 0 Å². The van der Waals surface area contributed by atoms with E-state index in [1.807, 2.05) is 18.7 Å². The molecule has 1 rings (SSSR count). The minimum absolute atomic E-state index is 0.0920. The smallest absolute Gasteiger partial charge is 0.317 e. The Morgan fingerprint density at radius 2 is 2.25 bits per heavy atom. The van der Waals surface area contributed by atoms with Crippen molar-refractivity contribution in [1.82, 2.24) is 10.2 Å². The van der Waals surface area contributed by atoms with Gasteiger partial charge in [0.2, 0.25) is 0 Å². The summed E-state index contributed by atoms with van der Waals surface area (Å²) >= 11 is 0. The second-order valence-corrected chi connectivity index (χ2v) is 3.94. The van der Waals surface area contributed by atoms with Gasteiger partial charge >= 0.3 is 6.03 Å². The summed E-state index contributed by atoms with van der Waals surface area (Å²) in [6.45, 7) is 7.98. The van der Waals surface area contributed by atoms with Crippen LogP contribution in [0.3, 0.4) is 0 Å². The molecule has 1 aliphatic heterocycles. The molecule has 1 fully saturated rings. The summed E-state index contributed by atoms with van der Waals surface area (Å²) in [6.07, 6.45) is 1.14. The fraction of sp³-hybridized carbons (Fsp3) is 0.889. The van der Waals surface area contributed by atoms with E-state index in [0.29, 0.717) is 5.92 Å². The molecule has 0 aromatic carbocycles. The molecule has 3 nitrogen and oxygen atoms in total. The Labute approximate surface area is 74.1 Å². The Morgan fingerprint density at radius 1 is 1.58 bits per heavy atom. The molecule has 1 aliphatic rings. The molecule has 0 unspecified atom stereocenters. The lowest BCUT2D eigenvalue weighted by Crippen LogP contribution is -2.41. The number of nitrogens with zero attached hydrogens (tertiary/aromatic N) is 1. The van der Waals surface area contributed by atoms with E-state index < -0.39 is 0 Å². The van der Waals surface area contributed by atoms with Crippen LogP contribution in [0.5, 0.6) is 0 Å². The van der Waals surface area contributed by atoms with Crippen molar-refractivity contribution in [3.8, 4) is 0 Å². The molecule has 12 heavy (non-hydrogen) atoms. The molecule has 0 radical (unpaired) electrons. The number of amides is 2. The zero-order valence-corrected chi connectivity index (χ0v) is 8.13. The molecule has 0 aromatic heterocycles. The van der Waals surface area contributed by atoms with Gasteiger partial charge in [0.15, 0.2) is 0 Å². The van der Waals surface area contributed by atoms with Gasteiger partial charge in [-0.25, -0.2) is 4.79 Å². The summed E-state index contributed by atoms with van der Waals surface area (Å²) in [6, 6.07) is 0.336. The molecular weight excluding hydrogens is 152 g/mol. The maximum absolute atomic E-state index is 11.4. The average Bonchev–Trinajstić information content (AvgIpc) is 2.34. The maximum atomic E-state index is 11.4. The molecule has 1 atom stereocenters. The molecule has 0 bridgehead atoms. The Balaban J connectivity index is 2.33. The Kier molecular flexibility index (Phi) is 2.95. The summed E-state index contributed by atoms with van der Waals surface area (Å²) in [4.78, 5) is 13.3. The van der Waals surface area contributed by atoms with Crippen molar-refractivity contribution < 1.29 is 4.79 Å². The molecule has 0 spiro atoms. The zero-order chi connectivity index (χ0) is 9.14. The third-order valence-corrected chi connectivity index (χ3v) is 2.12. The van der Waals surface area contributed by atoms with Gasteiger partial charge in [0.05, 0.1) is 0 Å². The van der Waals surface area contributed by atoms with Crippen LogP contribution in [0.25, 0.3) is 0 Å². The van der Waals surface area contributed by atoms with Crippen LogP contribution in [0.2, 0.25) is 0 Å². The highest BCUT2D eigenvalue weighted by Crippen LogP contribution is 2.14. The van der Waals surface area contributed by atoms with E-state index in [2.05, 4.69) is 12.2 Å². The molecule has 0 aromatic rings. The number of carbonyl (C=O) groups is 1. The third-order valence-electron chi connectivity index (χ3n) is 2.12. The van der Waals surface area contributed by atoms with Gasteiger partial charge in [-0.05, 0) is 26.2 Å². The first-order valence-electron chi connectivity index (χ1n) is 4.65. The van der Waals surface area contributed by atoms with Gasteiger partial charge in [-0.1, -0.05) is 6.92 Å². The number of urea groups is 1. The molecule has 0 saturated carbocycles. The van der Waals surface area contributed by atoms with E-state index in [9.17, 15) is 4.79 Å². The van der Waals surface area contributed by atoms with Gasteiger partial charge in [-0.15, -0.1) is 0 Å². The van der Waals surface area contributed by atoms with Crippen LogP contribution in [0.15, 0.2) is 0 Å². The molecule has 1 heterocycles. The predicted molar refractivity (Wildman–Crippen MR) is 49.0 cm³/mol. The minimum Gasteiger partial charge on any atom is -0.336 e. The number of hydrogen-bond acceptors (Lipinski definition) is 1. The summed E-state index contributed by atoms with van der Waals surface area (Å²) in [5.41, 5.74) is 0. The molecule has 2 amide bonds. The van der Waals surface area contributed by atoms with Gasteiger partial charge in [0.1, 0.15) is 0 Å². The van der Waals surface area contributed by atoms with Crippen molar-refractivity contribution in [3.63, 3.8) is 0 Å². The molecule has 3 heteroatoms. The normalized spacial score (nSPS) is 23.3. The Hall–Kier alpha value is -0.730. The van der Waals surface area contributed by atoms with Crippen molar-refractivity contribution in [2.75, 3.05) is 13.1 Å². The maximum Gasteiger partial charge on any atom is 0.317 e. The number of nitrogens with one attached hydrogen (secondary N) is 1. The van der Waals surface area contributed by atoms with Crippen LogP contribution in [0.4, 0.5) is 4.79 Å². The highest BCUT2D eigenvalue weighted by atomic mass is 16.2. The van der Waals surface area contributed by atoms with Gasteiger partial charge in [0, 0.05) is 19.1 Å². The standard InChI is InChI=1S/C9H18N2O/c1-7(2)10-9(12)11-5-4-8(3)6-11/h7-8H,4-6H2,1-3H3,(H,10,12)/t8-/m1/s1. The van der Waals surface area contributed by atoms with Crippen LogP contribution < -0.4 is 5.32 Å². The lowest BCUT2D eigenvalue weighted by Gasteiger charge is -2.18. The first-order valence-corrected chi connectivity index (χ1v) is 4.65. The van der Waals surface area contributed by atoms with Crippen LogP contribution in [0, 0.1) is 5.92 Å². The predicted octanol–water partition coefficient (Wildman–Crippen LogP) is 1.45. The van der Waals surface area contributed by atoms with Gasteiger partial charge in [-0.2, -0.15) is 0 Å². The number of likely N-dealkylation sites (tertiary alicyclic amines) is 1. The number of carbonyl (C=O) groups excluding carboxylic acids is 1. The van der Waals surface area contributed by atoms with Crippen LogP contribution in [-0.2, 0) is 0 Å². The Bertz CT molecular complexity index is 168. The van der Waals surface area contributed by atoms with E-state index in [-0.39, 0.29) is 12.1 Å². The van der Waals surface area contributed by atoms with E-state index in [1.165, 1.54) is 0 Å². The molecule has 1 N–H and O–H groups in total. The second-order valence-electron chi connectivity index (χ2n) is 3.94. The first-order chi connectivity index (χ1) is 5.59. The minimum atomic E-state index is 0.0920. The summed E-state index contributed by atoms with van der Waals surface area (Å²) in [5, 5.41) is 2.89. The highest BCUT2D eigenvalue weighted by molar-refractivity contribution is 5.74. The first kappa shape index (κ1) is 9.36. The fourth-order valence-electron chi connectivity index (χ4n) is 1.46. The van der Waals surface area contributed by atoms with Crippen molar-refractivity contribution in [2.45, 2.75) is 33.2 Å². The quantitative estimate of drug-likeness (QED) is 0.634. The lowest BCUT2D eigenvalue weighted by atomic mass is 10.2. The monoisotopic (exact) mass is 170 g/mol. The summed E-state index contributed by atoms with van der Waals surface area (Å²) < 4.78 is 0. The van der Waals surface area contributed by atoms with Crippen molar-refractivity contribution in [2.24, 2.45) is 5.92 Å². The largest absolute Gasteiger partial charge is 0.336 e. The lowest BCUT2D eigenvalue weighted by molar-refractivity contribution is 0.205. The SMILES string of the molecule is CC(C)NC(=O)N1CC[C@@H](C)C1. The molecule has 70 valence electrons. The van der Waals surface area contributed by atoms with Crippen LogP contribution in [0.1, 0.15) is 27.2 Å². The van der Waals surface area contributed by atoms with Crippen LogP contribution in [-0.4, -0.2) is 30.1 Å². The van der Waals surface area contributed by atoms with E-state index in [1.54, 1.807) is 0 Å². The van der Waals surface area contributed by atoms with E-state index >= 15 is 0 Å². The number of hydrogen-bond donors (Lipinski definition) is 1. The van der Waals surface area contributed by atoms with Crippen molar-refractivity contribution >= 4 is 6.03 Å². The third kappa shape index (κ3) is 2.40. The topological polar surface area (TPSA) is 32.3 Å². The van der Waals surface area contributed by atoms with E-state index in [0.717, 1.165) is 19.5 Å². The highest BCUT2D eigenvalue weighted by Gasteiger charge is 2.22. The van der Waals surface area contributed by atoms with E-state index in [4.69, 9.17) is 0 Å². The Morgan fingerprint density at radius 3 is 2.67 bits per heavy atom. The zero-order valence-electron chi connectivity index (χ0n) is 8.13. The van der Waals surface area contributed by atoms with Gasteiger partial charge in [0.25, 0.3) is 0 Å². The average molecular weight is 170 g/mol. The molecular formula is C9H18N2O. The van der Waals surface area contributed by atoms with Crippen LogP contribution >= 0.6 is 0 Å². The molecule has 1 saturated heterocycles. The summed E-state index contributed by atoms with van der Waals surface area (Å²) in [7, 11) is 0. The van der Waals surface area contributed by atoms with Gasteiger partial charge in [-0.3, -0.25) is 0 Å². The molecule has 0 aliphatic carbocycles. The number of rotatable bonds is 1. The fourth-order valence-corrected chi connectivity index (χ4v) is 1.46. The van der Waals surface area contributed by atoms with Gasteiger partial charge < -0.3 is 10.2 Å². The second kappa shape index (κ2) is 3.78.